The first-order valence-corrected chi connectivity index (χ1v) is 9.32. The van der Waals surface area contributed by atoms with Gasteiger partial charge in [-0.05, 0) is 30.5 Å². The quantitative estimate of drug-likeness (QED) is 0.309. The summed E-state index contributed by atoms with van der Waals surface area (Å²) in [7, 11) is 0. The Morgan fingerprint density at radius 1 is 1.30 bits per heavy atom. The fourth-order valence-electron chi connectivity index (χ4n) is 3.06. The zero-order valence-electron chi connectivity index (χ0n) is 16.4. The van der Waals surface area contributed by atoms with Crippen LogP contribution in [0.2, 0.25) is 0 Å². The van der Waals surface area contributed by atoms with Crippen molar-refractivity contribution in [2.75, 3.05) is 39.4 Å². The van der Waals surface area contributed by atoms with Crippen LogP contribution in [0.25, 0.3) is 0 Å². The minimum Gasteiger partial charge on any atom is -0.505 e. The Balaban J connectivity index is 0.00000364. The van der Waals surface area contributed by atoms with Crippen molar-refractivity contribution in [1.29, 1.82) is 0 Å². The molecule has 27 heavy (non-hydrogen) atoms. The van der Waals surface area contributed by atoms with E-state index in [-0.39, 0.29) is 29.7 Å². The first-order valence-electron chi connectivity index (χ1n) is 9.32. The van der Waals surface area contributed by atoms with E-state index in [4.69, 9.17) is 4.74 Å². The summed E-state index contributed by atoms with van der Waals surface area (Å²) in [6, 6.07) is 4.74. The van der Waals surface area contributed by atoms with E-state index < -0.39 is 5.82 Å². The summed E-state index contributed by atoms with van der Waals surface area (Å²) in [4.78, 5) is 6.99. The van der Waals surface area contributed by atoms with Gasteiger partial charge in [-0.15, -0.1) is 24.0 Å². The third-order valence-electron chi connectivity index (χ3n) is 4.54. The highest BCUT2D eigenvalue weighted by atomic mass is 127. The molecule has 0 spiro atoms. The molecule has 0 saturated carbocycles. The second-order valence-corrected chi connectivity index (χ2v) is 6.82. The average molecular weight is 494 g/mol. The number of guanidine groups is 1. The van der Waals surface area contributed by atoms with Crippen LogP contribution in [0.4, 0.5) is 4.39 Å². The zero-order valence-corrected chi connectivity index (χ0v) is 18.7. The van der Waals surface area contributed by atoms with Crippen molar-refractivity contribution in [2.24, 2.45) is 10.9 Å². The second kappa shape index (κ2) is 12.4. The van der Waals surface area contributed by atoms with E-state index in [1.165, 1.54) is 12.1 Å². The molecule has 3 N–H and O–H groups in total. The van der Waals surface area contributed by atoms with E-state index >= 15 is 0 Å². The molecule has 1 fully saturated rings. The van der Waals surface area contributed by atoms with Crippen LogP contribution in [-0.2, 0) is 11.3 Å². The molecule has 0 aromatic heterocycles. The number of nitrogens with zero attached hydrogens (tertiary/aromatic N) is 2. The van der Waals surface area contributed by atoms with Crippen molar-refractivity contribution in [3.05, 3.63) is 29.6 Å². The Morgan fingerprint density at radius 2 is 2.00 bits per heavy atom. The van der Waals surface area contributed by atoms with Gasteiger partial charge < -0.3 is 20.5 Å². The second-order valence-electron chi connectivity index (χ2n) is 6.82. The van der Waals surface area contributed by atoms with Crippen LogP contribution >= 0.6 is 24.0 Å². The normalized spacial score (nSPS) is 16.7. The minimum atomic E-state index is -0.622. The molecule has 1 heterocycles. The number of rotatable bonds is 7. The lowest BCUT2D eigenvalue weighted by Crippen LogP contribution is -2.52. The van der Waals surface area contributed by atoms with Gasteiger partial charge in [0.15, 0.2) is 17.5 Å². The fourth-order valence-corrected chi connectivity index (χ4v) is 3.06. The summed E-state index contributed by atoms with van der Waals surface area (Å²) in [6.45, 7) is 11.8. The lowest BCUT2D eigenvalue weighted by atomic mass is 10.0. The average Bonchev–Trinajstić information content (AvgIpc) is 2.63. The molecule has 1 aromatic rings. The maximum atomic E-state index is 13.5. The zero-order chi connectivity index (χ0) is 18.9. The van der Waals surface area contributed by atoms with Crippen LogP contribution in [0.3, 0.4) is 0 Å². The summed E-state index contributed by atoms with van der Waals surface area (Å²) >= 11 is 0. The molecule has 1 unspecified atom stereocenters. The Bertz CT molecular complexity index is 595. The molecule has 8 heteroatoms. The summed E-state index contributed by atoms with van der Waals surface area (Å²) in [5.74, 6) is 0.255. The van der Waals surface area contributed by atoms with Crippen LogP contribution < -0.4 is 10.6 Å². The number of phenolic OH excluding ortho intramolecular Hbond substituents is 1. The lowest BCUT2D eigenvalue weighted by molar-refractivity contribution is 0.00752. The topological polar surface area (TPSA) is 69.1 Å². The van der Waals surface area contributed by atoms with Gasteiger partial charge in [-0.3, -0.25) is 4.90 Å². The molecule has 1 saturated heterocycles. The number of hydrogen-bond donors (Lipinski definition) is 3. The molecule has 0 aliphatic carbocycles. The Labute approximate surface area is 178 Å². The lowest BCUT2D eigenvalue weighted by Gasteiger charge is -2.37. The van der Waals surface area contributed by atoms with Crippen molar-refractivity contribution in [2.45, 2.75) is 33.4 Å². The molecule has 0 amide bonds. The van der Waals surface area contributed by atoms with E-state index in [2.05, 4.69) is 34.4 Å². The third-order valence-corrected chi connectivity index (χ3v) is 4.54. The van der Waals surface area contributed by atoms with E-state index in [1.54, 1.807) is 6.07 Å². The van der Waals surface area contributed by atoms with Gasteiger partial charge in [0, 0.05) is 32.2 Å². The van der Waals surface area contributed by atoms with Gasteiger partial charge in [-0.1, -0.05) is 19.9 Å². The molecule has 154 valence electrons. The molecule has 1 aromatic carbocycles. The third kappa shape index (κ3) is 7.79. The molecule has 6 nitrogen and oxygen atoms in total. The van der Waals surface area contributed by atoms with Crippen molar-refractivity contribution < 1.29 is 14.2 Å². The molecule has 1 aliphatic rings. The predicted octanol–water partition coefficient (Wildman–Crippen LogP) is 2.56. The summed E-state index contributed by atoms with van der Waals surface area (Å²) in [5.41, 5.74) is 0.714. The number of nitrogens with one attached hydrogen (secondary N) is 2. The number of morpholine rings is 1. The highest BCUT2D eigenvalue weighted by molar-refractivity contribution is 14.0. The Hall–Kier alpha value is -1.13. The molecule has 2 rings (SSSR count). The largest absolute Gasteiger partial charge is 0.505 e. The maximum absolute atomic E-state index is 13.5. The summed E-state index contributed by atoms with van der Waals surface area (Å²) in [6.07, 6.45) is 0. The van der Waals surface area contributed by atoms with Gasteiger partial charge in [0.1, 0.15) is 0 Å². The van der Waals surface area contributed by atoms with Crippen LogP contribution in [0.5, 0.6) is 5.75 Å². The monoisotopic (exact) mass is 494 g/mol. The number of aromatic hydroxyl groups is 1. The van der Waals surface area contributed by atoms with Gasteiger partial charge in [0.05, 0.1) is 19.8 Å². The van der Waals surface area contributed by atoms with Crippen molar-refractivity contribution in [3.8, 4) is 5.75 Å². The molecule has 1 atom stereocenters. The Morgan fingerprint density at radius 3 is 2.59 bits per heavy atom. The van der Waals surface area contributed by atoms with E-state index in [0.717, 1.165) is 39.4 Å². The standard InChI is InChI=1S/C19H31FN4O2.HI/c1-4-21-19(22-12-15-5-6-18(25)16(20)11-15)23-13-17(14(2)3)24-7-9-26-10-8-24;/h5-6,11,14,17,25H,4,7-10,12-13H2,1-3H3,(H2,21,22,23);1H. The highest BCUT2D eigenvalue weighted by Crippen LogP contribution is 2.16. The molecule has 0 bridgehead atoms. The number of aliphatic imine (C=N–C) groups is 1. The minimum absolute atomic E-state index is 0. The van der Waals surface area contributed by atoms with Crippen LogP contribution in [0.1, 0.15) is 26.3 Å². The van der Waals surface area contributed by atoms with Gasteiger partial charge in [0.25, 0.3) is 0 Å². The summed E-state index contributed by atoms with van der Waals surface area (Å²) < 4.78 is 18.9. The van der Waals surface area contributed by atoms with Crippen molar-refractivity contribution in [3.63, 3.8) is 0 Å². The van der Waals surface area contributed by atoms with Crippen LogP contribution in [0.15, 0.2) is 23.2 Å². The van der Waals surface area contributed by atoms with Crippen LogP contribution in [0, 0.1) is 11.7 Å². The van der Waals surface area contributed by atoms with Gasteiger partial charge >= 0.3 is 0 Å². The molecular formula is C19H32FIN4O2. The SMILES string of the molecule is CCNC(=NCc1ccc(O)c(F)c1)NCC(C(C)C)N1CCOCC1.I. The number of ether oxygens (including phenoxy) is 1. The van der Waals surface area contributed by atoms with E-state index in [0.29, 0.717) is 30.0 Å². The van der Waals surface area contributed by atoms with Crippen molar-refractivity contribution >= 4 is 29.9 Å². The number of benzene rings is 1. The van der Waals surface area contributed by atoms with E-state index in [9.17, 15) is 9.50 Å². The highest BCUT2D eigenvalue weighted by Gasteiger charge is 2.23. The molecular weight excluding hydrogens is 462 g/mol. The van der Waals surface area contributed by atoms with Gasteiger partial charge in [0.2, 0.25) is 0 Å². The Kier molecular flexibility index (Phi) is 10.9. The smallest absolute Gasteiger partial charge is 0.191 e. The molecule has 1 aliphatic heterocycles. The van der Waals surface area contributed by atoms with Crippen molar-refractivity contribution in [1.82, 2.24) is 15.5 Å². The maximum Gasteiger partial charge on any atom is 0.191 e. The van der Waals surface area contributed by atoms with E-state index in [1.807, 2.05) is 6.92 Å². The fraction of sp³-hybridized carbons (Fsp3) is 0.632. The predicted molar refractivity (Wildman–Crippen MR) is 117 cm³/mol. The molecule has 0 radical (unpaired) electrons. The number of phenols is 1. The van der Waals surface area contributed by atoms with Crippen LogP contribution in [-0.4, -0.2) is 61.4 Å². The summed E-state index contributed by atoms with van der Waals surface area (Å²) in [5, 5.41) is 15.9. The van der Waals surface area contributed by atoms with Gasteiger partial charge in [-0.25, -0.2) is 9.38 Å². The first kappa shape index (κ1) is 23.9. The first-order chi connectivity index (χ1) is 12.5. The van der Waals surface area contributed by atoms with Gasteiger partial charge in [-0.2, -0.15) is 0 Å². The number of hydrogen-bond acceptors (Lipinski definition) is 4. The number of halogens is 2.